The van der Waals surface area contributed by atoms with Crippen LogP contribution in [0.2, 0.25) is 0 Å². The third-order valence-electron chi connectivity index (χ3n) is 3.59. The number of esters is 1. The van der Waals surface area contributed by atoms with Gasteiger partial charge in [0.2, 0.25) is 0 Å². The van der Waals surface area contributed by atoms with E-state index >= 15 is 0 Å². The van der Waals surface area contributed by atoms with Crippen LogP contribution in [0.1, 0.15) is 37.0 Å². The average Bonchev–Trinajstić information content (AvgIpc) is 3.10. The van der Waals surface area contributed by atoms with E-state index in [-0.39, 0.29) is 18.6 Å². The first-order chi connectivity index (χ1) is 11.5. The first-order valence-corrected chi connectivity index (χ1v) is 8.33. The van der Waals surface area contributed by atoms with Gasteiger partial charge in [-0.25, -0.2) is 4.79 Å². The number of carbonyl (C=O) groups excluding carboxylic acids is 2. The summed E-state index contributed by atoms with van der Waals surface area (Å²) < 4.78 is 16.1. The molecule has 1 heterocycles. The summed E-state index contributed by atoms with van der Waals surface area (Å²) >= 11 is 0. The molecule has 0 saturated carbocycles. The van der Waals surface area contributed by atoms with Gasteiger partial charge in [-0.2, -0.15) is 0 Å². The zero-order valence-corrected chi connectivity index (χ0v) is 14.2. The van der Waals surface area contributed by atoms with Gasteiger partial charge in [-0.05, 0) is 43.0 Å². The van der Waals surface area contributed by atoms with E-state index in [1.54, 1.807) is 24.3 Å². The van der Waals surface area contributed by atoms with Crippen molar-refractivity contribution in [1.82, 2.24) is 5.32 Å². The topological polar surface area (TPSA) is 73.9 Å². The summed E-state index contributed by atoms with van der Waals surface area (Å²) in [6.45, 7) is 5.59. The number of benzene rings is 1. The van der Waals surface area contributed by atoms with Gasteiger partial charge in [-0.15, -0.1) is 0 Å². The fourth-order valence-corrected chi connectivity index (χ4v) is 2.24. The molecule has 1 aromatic rings. The summed E-state index contributed by atoms with van der Waals surface area (Å²) in [7, 11) is 0. The maximum absolute atomic E-state index is 11.9. The molecule has 0 aliphatic carbocycles. The molecule has 6 heteroatoms. The Balaban J connectivity index is 1.73. The molecule has 2 rings (SSSR count). The fraction of sp³-hybridized carbons (Fsp3) is 0.556. The number of rotatable bonds is 8. The Morgan fingerprint density at radius 2 is 2.04 bits per heavy atom. The smallest absolute Gasteiger partial charge is 0.338 e. The van der Waals surface area contributed by atoms with E-state index < -0.39 is 5.97 Å². The van der Waals surface area contributed by atoms with Crippen molar-refractivity contribution in [2.75, 3.05) is 26.4 Å². The highest BCUT2D eigenvalue weighted by molar-refractivity contribution is 5.91. The van der Waals surface area contributed by atoms with Crippen LogP contribution in [0, 0.1) is 5.92 Å². The monoisotopic (exact) mass is 335 g/mol. The van der Waals surface area contributed by atoms with Crippen molar-refractivity contribution >= 4 is 11.9 Å². The Hall–Kier alpha value is -2.08. The van der Waals surface area contributed by atoms with Gasteiger partial charge in [0.1, 0.15) is 12.4 Å². The maximum Gasteiger partial charge on any atom is 0.338 e. The van der Waals surface area contributed by atoms with Crippen molar-refractivity contribution in [3.05, 3.63) is 29.8 Å². The van der Waals surface area contributed by atoms with E-state index in [9.17, 15) is 9.59 Å². The molecule has 1 atom stereocenters. The van der Waals surface area contributed by atoms with Crippen LogP contribution in [0.25, 0.3) is 0 Å². The number of nitrogens with one attached hydrogen (secondary N) is 1. The molecule has 1 amide bonds. The normalized spacial score (nSPS) is 16.9. The lowest BCUT2D eigenvalue weighted by molar-refractivity contribution is -0.124. The third-order valence-corrected chi connectivity index (χ3v) is 3.59. The summed E-state index contributed by atoms with van der Waals surface area (Å²) in [4.78, 5) is 23.4. The van der Waals surface area contributed by atoms with Crippen LogP contribution in [-0.4, -0.2) is 44.3 Å². The molecule has 0 spiro atoms. The van der Waals surface area contributed by atoms with E-state index in [2.05, 4.69) is 5.32 Å². The molecule has 1 saturated heterocycles. The number of hydrogen-bond acceptors (Lipinski definition) is 5. The van der Waals surface area contributed by atoms with Gasteiger partial charge in [0.25, 0.3) is 5.91 Å². The number of amides is 1. The number of carbonyl (C=O) groups is 2. The predicted molar refractivity (Wildman–Crippen MR) is 89.0 cm³/mol. The van der Waals surface area contributed by atoms with E-state index in [4.69, 9.17) is 14.2 Å². The van der Waals surface area contributed by atoms with Gasteiger partial charge >= 0.3 is 5.97 Å². The van der Waals surface area contributed by atoms with Gasteiger partial charge in [0.05, 0.1) is 11.7 Å². The highest BCUT2D eigenvalue weighted by atomic mass is 16.5. The standard InChI is InChI=1S/C18H25NO5/c1-13(2)10-19-17(20)12-24-18(21)14-5-7-15(8-6-14)23-11-16-4-3-9-22-16/h5-8,13,16H,3-4,9-12H2,1-2H3,(H,19,20). The molecule has 0 bridgehead atoms. The van der Waals surface area contributed by atoms with Gasteiger partial charge in [0, 0.05) is 13.2 Å². The molecule has 0 aromatic heterocycles. The van der Waals surface area contributed by atoms with Gasteiger partial charge in [0.15, 0.2) is 6.61 Å². The van der Waals surface area contributed by atoms with E-state index in [1.807, 2.05) is 13.8 Å². The average molecular weight is 335 g/mol. The van der Waals surface area contributed by atoms with Crippen LogP contribution in [-0.2, 0) is 14.3 Å². The molecule has 1 unspecified atom stereocenters. The van der Waals surface area contributed by atoms with Crippen molar-refractivity contribution in [3.8, 4) is 5.75 Å². The van der Waals surface area contributed by atoms with Gasteiger partial charge < -0.3 is 19.5 Å². The SMILES string of the molecule is CC(C)CNC(=O)COC(=O)c1ccc(OCC2CCCO2)cc1. The molecule has 132 valence electrons. The molecule has 1 aromatic carbocycles. The van der Waals surface area contributed by atoms with Crippen molar-refractivity contribution in [3.63, 3.8) is 0 Å². The lowest BCUT2D eigenvalue weighted by Gasteiger charge is -2.11. The van der Waals surface area contributed by atoms with Gasteiger partial charge in [-0.1, -0.05) is 13.8 Å². The highest BCUT2D eigenvalue weighted by Gasteiger charge is 2.16. The summed E-state index contributed by atoms with van der Waals surface area (Å²) in [5.74, 6) is 0.206. The first kappa shape index (κ1) is 18.3. The molecule has 24 heavy (non-hydrogen) atoms. The first-order valence-electron chi connectivity index (χ1n) is 8.33. The van der Waals surface area contributed by atoms with Crippen molar-refractivity contribution in [2.24, 2.45) is 5.92 Å². The maximum atomic E-state index is 11.9. The molecule has 1 fully saturated rings. The Kier molecular flexibility index (Phi) is 7.06. The predicted octanol–water partition coefficient (Wildman–Crippen LogP) is 2.17. The largest absolute Gasteiger partial charge is 0.491 e. The Labute approximate surface area is 142 Å². The third kappa shape index (κ3) is 6.20. The quantitative estimate of drug-likeness (QED) is 0.737. The second-order valence-electron chi connectivity index (χ2n) is 6.24. The Bertz CT molecular complexity index is 535. The number of ether oxygens (including phenoxy) is 3. The van der Waals surface area contributed by atoms with E-state index in [0.717, 1.165) is 19.4 Å². The minimum absolute atomic E-state index is 0.152. The minimum Gasteiger partial charge on any atom is -0.491 e. The molecular weight excluding hydrogens is 310 g/mol. The van der Waals surface area contributed by atoms with Crippen LogP contribution in [0.5, 0.6) is 5.75 Å². The molecule has 1 aliphatic heterocycles. The summed E-state index contributed by atoms with van der Waals surface area (Å²) in [5.41, 5.74) is 0.385. The summed E-state index contributed by atoms with van der Waals surface area (Å²) in [6.07, 6.45) is 2.24. The summed E-state index contributed by atoms with van der Waals surface area (Å²) in [5, 5.41) is 2.69. The van der Waals surface area contributed by atoms with Crippen LogP contribution in [0.15, 0.2) is 24.3 Å². The minimum atomic E-state index is -0.527. The highest BCUT2D eigenvalue weighted by Crippen LogP contribution is 2.17. The summed E-state index contributed by atoms with van der Waals surface area (Å²) in [6, 6.07) is 6.67. The van der Waals surface area contributed by atoms with Crippen LogP contribution >= 0.6 is 0 Å². The second kappa shape index (κ2) is 9.27. The fourth-order valence-electron chi connectivity index (χ4n) is 2.24. The zero-order valence-electron chi connectivity index (χ0n) is 14.2. The van der Waals surface area contributed by atoms with Crippen molar-refractivity contribution < 1.29 is 23.8 Å². The zero-order chi connectivity index (χ0) is 17.4. The van der Waals surface area contributed by atoms with Crippen molar-refractivity contribution in [2.45, 2.75) is 32.8 Å². The Morgan fingerprint density at radius 3 is 2.67 bits per heavy atom. The van der Waals surface area contributed by atoms with Crippen LogP contribution < -0.4 is 10.1 Å². The van der Waals surface area contributed by atoms with Crippen LogP contribution in [0.3, 0.4) is 0 Å². The molecule has 0 radical (unpaired) electrons. The molecular formula is C18H25NO5. The molecule has 1 aliphatic rings. The molecule has 1 N–H and O–H groups in total. The Morgan fingerprint density at radius 1 is 1.29 bits per heavy atom. The second-order valence-corrected chi connectivity index (χ2v) is 6.24. The van der Waals surface area contributed by atoms with Gasteiger partial charge in [-0.3, -0.25) is 4.79 Å². The van der Waals surface area contributed by atoms with Crippen molar-refractivity contribution in [1.29, 1.82) is 0 Å². The lowest BCUT2D eigenvalue weighted by Crippen LogP contribution is -2.31. The lowest BCUT2D eigenvalue weighted by atomic mass is 10.2. The van der Waals surface area contributed by atoms with E-state index in [0.29, 0.717) is 30.4 Å². The van der Waals surface area contributed by atoms with E-state index in [1.165, 1.54) is 0 Å². The van der Waals surface area contributed by atoms with Crippen LogP contribution in [0.4, 0.5) is 0 Å². The number of hydrogen-bond donors (Lipinski definition) is 1. The molecule has 6 nitrogen and oxygen atoms in total.